The van der Waals surface area contributed by atoms with Crippen LogP contribution in [0.1, 0.15) is 24.2 Å². The summed E-state index contributed by atoms with van der Waals surface area (Å²) in [4.78, 5) is 16.3. The summed E-state index contributed by atoms with van der Waals surface area (Å²) >= 11 is 3.27. The van der Waals surface area contributed by atoms with Crippen LogP contribution in [0.15, 0.2) is 22.7 Å². The van der Waals surface area contributed by atoms with Crippen LogP contribution in [-0.4, -0.2) is 47.9 Å². The van der Waals surface area contributed by atoms with Crippen molar-refractivity contribution in [3.05, 3.63) is 34.1 Å². The van der Waals surface area contributed by atoms with E-state index in [0.29, 0.717) is 19.1 Å². The zero-order valence-electron chi connectivity index (χ0n) is 11.2. The first-order valence-corrected chi connectivity index (χ1v) is 7.26. The lowest BCUT2D eigenvalue weighted by Gasteiger charge is -2.37. The minimum absolute atomic E-state index is 0.146. The summed E-state index contributed by atoms with van der Waals surface area (Å²) in [5, 5.41) is 0. The van der Waals surface area contributed by atoms with E-state index in [9.17, 15) is 9.18 Å². The Hall–Kier alpha value is -0.940. The number of nitrogens with zero attached hydrogens (tertiary/aromatic N) is 2. The molecule has 0 saturated carbocycles. The lowest BCUT2D eigenvalue weighted by molar-refractivity contribution is 0.0591. The van der Waals surface area contributed by atoms with Gasteiger partial charge in [0.05, 0.1) is 5.56 Å². The lowest BCUT2D eigenvalue weighted by atomic mass is 10.1. The fourth-order valence-corrected chi connectivity index (χ4v) is 2.63. The molecule has 0 N–H and O–H groups in total. The lowest BCUT2D eigenvalue weighted by Crippen LogP contribution is -2.50. The van der Waals surface area contributed by atoms with E-state index >= 15 is 0 Å². The molecule has 1 amide bonds. The van der Waals surface area contributed by atoms with Crippen molar-refractivity contribution in [3.8, 4) is 0 Å². The Morgan fingerprint density at radius 3 is 2.47 bits per heavy atom. The molecule has 19 heavy (non-hydrogen) atoms. The third kappa shape index (κ3) is 3.34. The molecule has 1 aromatic rings. The van der Waals surface area contributed by atoms with Crippen molar-refractivity contribution in [1.82, 2.24) is 9.80 Å². The summed E-state index contributed by atoms with van der Waals surface area (Å²) in [7, 11) is 0. The molecule has 5 heteroatoms. The average molecular weight is 329 g/mol. The second-order valence-electron chi connectivity index (χ2n) is 5.05. The molecule has 1 fully saturated rings. The van der Waals surface area contributed by atoms with Crippen molar-refractivity contribution >= 4 is 21.8 Å². The van der Waals surface area contributed by atoms with Crippen LogP contribution in [0.3, 0.4) is 0 Å². The molecule has 0 spiro atoms. The molecule has 0 aromatic heterocycles. The minimum atomic E-state index is -0.459. The molecule has 1 aliphatic heterocycles. The van der Waals surface area contributed by atoms with Crippen LogP contribution in [-0.2, 0) is 0 Å². The maximum atomic E-state index is 13.7. The van der Waals surface area contributed by atoms with Crippen LogP contribution < -0.4 is 0 Å². The molecule has 1 aromatic carbocycles. The molecule has 3 nitrogen and oxygen atoms in total. The van der Waals surface area contributed by atoms with Gasteiger partial charge in [0.25, 0.3) is 5.91 Å². The number of carbonyl (C=O) groups excluding carboxylic acids is 1. The highest BCUT2D eigenvalue weighted by molar-refractivity contribution is 9.10. The van der Waals surface area contributed by atoms with Crippen LogP contribution in [0.2, 0.25) is 0 Å². The van der Waals surface area contributed by atoms with Gasteiger partial charge in [0.15, 0.2) is 0 Å². The number of piperazine rings is 1. The monoisotopic (exact) mass is 328 g/mol. The highest BCUT2D eigenvalue weighted by Gasteiger charge is 2.25. The van der Waals surface area contributed by atoms with Crippen molar-refractivity contribution in [2.24, 2.45) is 0 Å². The van der Waals surface area contributed by atoms with Gasteiger partial charge in [-0.2, -0.15) is 0 Å². The van der Waals surface area contributed by atoms with Gasteiger partial charge in [-0.15, -0.1) is 0 Å². The Kier molecular flexibility index (Phi) is 4.58. The fraction of sp³-hybridized carbons (Fsp3) is 0.500. The van der Waals surface area contributed by atoms with Gasteiger partial charge in [-0.3, -0.25) is 9.69 Å². The predicted molar refractivity (Wildman–Crippen MR) is 76.7 cm³/mol. The van der Waals surface area contributed by atoms with E-state index < -0.39 is 5.82 Å². The van der Waals surface area contributed by atoms with Crippen LogP contribution in [0, 0.1) is 5.82 Å². The highest BCUT2D eigenvalue weighted by Crippen LogP contribution is 2.18. The van der Waals surface area contributed by atoms with Crippen LogP contribution in [0.25, 0.3) is 0 Å². The first kappa shape index (κ1) is 14.5. The number of hydrogen-bond donors (Lipinski definition) is 0. The van der Waals surface area contributed by atoms with Gasteiger partial charge >= 0.3 is 0 Å². The Balaban J connectivity index is 2.07. The maximum Gasteiger partial charge on any atom is 0.256 e. The SMILES string of the molecule is CC(C)N1CCN(C(=O)c2cc(Br)ccc2F)CC1. The maximum absolute atomic E-state index is 13.7. The van der Waals surface area contributed by atoms with Gasteiger partial charge in [-0.25, -0.2) is 4.39 Å². The van der Waals surface area contributed by atoms with Crippen molar-refractivity contribution in [2.75, 3.05) is 26.2 Å². The molecular weight excluding hydrogens is 311 g/mol. The second-order valence-corrected chi connectivity index (χ2v) is 5.96. The largest absolute Gasteiger partial charge is 0.336 e. The van der Waals surface area contributed by atoms with Crippen LogP contribution in [0.4, 0.5) is 4.39 Å². The van der Waals surface area contributed by atoms with E-state index in [-0.39, 0.29) is 11.5 Å². The Bertz CT molecular complexity index is 471. The van der Waals surface area contributed by atoms with Gasteiger partial charge in [0.2, 0.25) is 0 Å². The summed E-state index contributed by atoms with van der Waals surface area (Å²) in [6, 6.07) is 4.96. The van der Waals surface area contributed by atoms with Crippen molar-refractivity contribution in [1.29, 1.82) is 0 Å². The van der Waals surface area contributed by atoms with E-state index in [1.807, 2.05) is 0 Å². The Morgan fingerprint density at radius 1 is 1.26 bits per heavy atom. The number of amides is 1. The van der Waals surface area contributed by atoms with E-state index in [0.717, 1.165) is 17.6 Å². The Labute approximate surface area is 121 Å². The highest BCUT2D eigenvalue weighted by atomic mass is 79.9. The summed E-state index contributed by atoms with van der Waals surface area (Å²) in [5.74, 6) is -0.679. The van der Waals surface area contributed by atoms with E-state index in [1.165, 1.54) is 6.07 Å². The minimum Gasteiger partial charge on any atom is -0.336 e. The summed E-state index contributed by atoms with van der Waals surface area (Å²) in [6.07, 6.45) is 0. The van der Waals surface area contributed by atoms with Crippen LogP contribution >= 0.6 is 15.9 Å². The molecule has 1 saturated heterocycles. The average Bonchev–Trinajstić information content (AvgIpc) is 2.41. The number of halogens is 2. The predicted octanol–water partition coefficient (Wildman–Crippen LogP) is 2.75. The van der Waals surface area contributed by atoms with E-state index in [1.54, 1.807) is 17.0 Å². The molecule has 1 aliphatic rings. The van der Waals surface area contributed by atoms with E-state index in [2.05, 4.69) is 34.7 Å². The zero-order chi connectivity index (χ0) is 14.0. The molecule has 0 atom stereocenters. The van der Waals surface area contributed by atoms with Crippen molar-refractivity contribution in [3.63, 3.8) is 0 Å². The van der Waals surface area contributed by atoms with Crippen LogP contribution in [0.5, 0.6) is 0 Å². The fourth-order valence-electron chi connectivity index (χ4n) is 2.27. The smallest absolute Gasteiger partial charge is 0.256 e. The third-order valence-corrected chi connectivity index (χ3v) is 3.98. The van der Waals surface area contributed by atoms with Gasteiger partial charge in [0.1, 0.15) is 5.82 Å². The quantitative estimate of drug-likeness (QED) is 0.833. The number of hydrogen-bond acceptors (Lipinski definition) is 2. The first-order valence-electron chi connectivity index (χ1n) is 6.47. The molecule has 1 heterocycles. The van der Waals surface area contributed by atoms with Gasteiger partial charge < -0.3 is 4.90 Å². The second kappa shape index (κ2) is 6.01. The van der Waals surface area contributed by atoms with Crippen molar-refractivity contribution < 1.29 is 9.18 Å². The van der Waals surface area contributed by atoms with Gasteiger partial charge in [0, 0.05) is 36.7 Å². The topological polar surface area (TPSA) is 23.6 Å². The molecule has 2 rings (SSSR count). The zero-order valence-corrected chi connectivity index (χ0v) is 12.8. The molecular formula is C14H18BrFN2O. The first-order chi connectivity index (χ1) is 8.99. The van der Waals surface area contributed by atoms with E-state index in [4.69, 9.17) is 0 Å². The molecule has 0 unspecified atom stereocenters. The normalized spacial score (nSPS) is 17.0. The molecule has 0 bridgehead atoms. The van der Waals surface area contributed by atoms with Crippen molar-refractivity contribution in [2.45, 2.75) is 19.9 Å². The Morgan fingerprint density at radius 2 is 1.89 bits per heavy atom. The number of carbonyl (C=O) groups is 1. The van der Waals surface area contributed by atoms with Gasteiger partial charge in [-0.1, -0.05) is 15.9 Å². The summed E-state index contributed by atoms with van der Waals surface area (Å²) in [6.45, 7) is 7.29. The number of rotatable bonds is 2. The van der Waals surface area contributed by atoms with Gasteiger partial charge in [-0.05, 0) is 32.0 Å². The third-order valence-electron chi connectivity index (χ3n) is 3.49. The molecule has 0 aliphatic carbocycles. The standard InChI is InChI=1S/C14H18BrFN2O/c1-10(2)17-5-7-18(8-6-17)14(19)12-9-11(15)3-4-13(12)16/h3-4,9-10H,5-8H2,1-2H3. The molecule has 104 valence electrons. The molecule has 0 radical (unpaired) electrons. The summed E-state index contributed by atoms with van der Waals surface area (Å²) in [5.41, 5.74) is 0.146. The number of benzene rings is 1. The summed E-state index contributed by atoms with van der Waals surface area (Å²) < 4.78 is 14.4.